The maximum atomic E-state index is 12.7. The third kappa shape index (κ3) is 30.6. The van der Waals surface area contributed by atoms with E-state index < -0.39 is 58.4 Å². The van der Waals surface area contributed by atoms with Crippen LogP contribution in [0.2, 0.25) is 103 Å². The number of benzene rings is 2. The van der Waals surface area contributed by atoms with Crippen LogP contribution in [0, 0.1) is 11.3 Å². The third-order valence-electron chi connectivity index (χ3n) is 20.4. The van der Waals surface area contributed by atoms with E-state index in [0.29, 0.717) is 118 Å². The van der Waals surface area contributed by atoms with Gasteiger partial charge >= 0.3 is 0 Å². The van der Waals surface area contributed by atoms with Crippen molar-refractivity contribution in [2.24, 2.45) is 5.73 Å². The predicted molar refractivity (Wildman–Crippen MR) is 475 cm³/mol. The maximum absolute atomic E-state index is 12.7. The summed E-state index contributed by atoms with van der Waals surface area (Å²) in [5.74, 6) is 1.54. The molecule has 0 aliphatic heterocycles. The van der Waals surface area contributed by atoms with Crippen LogP contribution in [0.15, 0.2) is 110 Å². The first-order valence-electron chi connectivity index (χ1n) is 40.2. The standard InChI is InChI=1S/C37H57N7O5Si2.C37H55N7O4Si2.C6H15N.C2Cl4O/c1-46-17-18-49-37(36(38)45)15-13-29(14-16-37)33-23-34(42(27-47-19-21-50(2,3)4)28-48-20-22-51(5,6)7)44-35(41-33)32(25-40-44)30-24-39-43(26-30)31-11-9-8-10-12-31;1-45-17-18-48-37(27-38)15-13-30(14-16-37)34-23-35(42(28-46-19-21-49(2,3)4)29-47-20-22-50(5,6)7)44-36(41-34)33(25-40-44)31-24-39-43(26-31)32-11-9-8-10-12-32;1-4-7(5-2)6-3;3-1(7)2(4,5)6/h8-12,23-26,29H,13-22,27-28H2,1-7H3,(H2,38,45);8-12,23-26,30H,13-22,28-29H2,1-7H3;4-6H2,1-3H3;. The van der Waals surface area contributed by atoms with E-state index in [0.717, 1.165) is 105 Å². The molecule has 25 nitrogen and oxygen atoms in total. The summed E-state index contributed by atoms with van der Waals surface area (Å²) >= 11 is 19.5. The van der Waals surface area contributed by atoms with E-state index >= 15 is 0 Å². The topological polar surface area (TPSA) is 264 Å². The number of nitrogens with zero attached hydrogens (tertiary/aromatic N) is 14. The molecule has 634 valence electrons. The molecule has 33 heteroatoms. The number of carbonyl (C=O) groups excluding carboxylic acids is 2. The SMILES string of the molecule is CCN(CC)CC.COCCOC1(C#N)CCC(c2cc(N(COCC[Si](C)(C)C)COCC[Si](C)(C)C)n3ncc(-c4cnn(-c5ccccc5)c4)c3n2)CC1.COCCOC1(C(N)=O)CCC(c2cc(N(COCC[Si](C)(C)C)COCC[Si](C)(C)C)n3ncc(-c4cnn(-c5ccccc5)c4)c3n2)CC1.O=C(Cl)C(Cl)(Cl)Cl. The Kier molecular flexibility index (Phi) is 38.0. The zero-order valence-electron chi connectivity index (χ0n) is 71.1. The van der Waals surface area contributed by atoms with Crippen molar-refractivity contribution < 1.29 is 47.5 Å². The number of methoxy groups -OCH3 is 2. The van der Waals surface area contributed by atoms with E-state index in [4.69, 9.17) is 110 Å². The molecule has 0 spiro atoms. The van der Waals surface area contributed by atoms with Gasteiger partial charge in [-0.2, -0.15) is 34.7 Å². The molecule has 2 aromatic carbocycles. The van der Waals surface area contributed by atoms with Crippen LogP contribution in [-0.2, 0) is 47.5 Å². The number of amides is 1. The first kappa shape index (κ1) is 96.1. The predicted octanol–water partition coefficient (Wildman–Crippen LogP) is 17.6. The monoisotopic (exact) mass is 1730 g/mol. The lowest BCUT2D eigenvalue weighted by Crippen LogP contribution is -2.49. The molecule has 2 saturated carbocycles. The van der Waals surface area contributed by atoms with Crippen LogP contribution >= 0.6 is 46.4 Å². The van der Waals surface area contributed by atoms with E-state index in [2.05, 4.69) is 142 Å². The molecule has 0 atom stereocenters. The second-order valence-electron chi connectivity index (χ2n) is 34.2. The van der Waals surface area contributed by atoms with Crippen LogP contribution in [0.25, 0.3) is 44.9 Å². The van der Waals surface area contributed by atoms with Crippen molar-refractivity contribution in [1.82, 2.24) is 53.7 Å². The van der Waals surface area contributed by atoms with Crippen molar-refractivity contribution in [3.05, 3.63) is 121 Å². The smallest absolute Gasteiger partial charge is 0.273 e. The van der Waals surface area contributed by atoms with Gasteiger partial charge < -0.3 is 58.3 Å². The van der Waals surface area contributed by atoms with Gasteiger partial charge in [-0.15, -0.1) is 0 Å². The van der Waals surface area contributed by atoms with Gasteiger partial charge in [-0.25, -0.2) is 19.3 Å². The number of para-hydroxylation sites is 2. The molecule has 2 N–H and O–H groups in total. The van der Waals surface area contributed by atoms with Gasteiger partial charge in [0.1, 0.15) is 44.2 Å². The van der Waals surface area contributed by atoms with Gasteiger partial charge in [0.15, 0.2) is 16.9 Å². The number of primary amides is 1. The number of aromatic nitrogens is 10. The average Bonchev–Trinajstić information content (AvgIpc) is 1.64. The van der Waals surface area contributed by atoms with Gasteiger partial charge in [0.2, 0.25) is 5.91 Å². The Balaban J connectivity index is 0.000000272. The Bertz CT molecular complexity index is 4220. The first-order valence-corrected chi connectivity index (χ1v) is 56.6. The lowest BCUT2D eigenvalue weighted by molar-refractivity contribution is -0.151. The Hall–Kier alpha value is -6.00. The zero-order chi connectivity index (χ0) is 84.2. The summed E-state index contributed by atoms with van der Waals surface area (Å²) in [7, 11) is -1.82. The summed E-state index contributed by atoms with van der Waals surface area (Å²) in [5, 5.41) is 28.2. The molecule has 1 amide bonds. The van der Waals surface area contributed by atoms with E-state index in [1.165, 1.54) is 19.6 Å². The summed E-state index contributed by atoms with van der Waals surface area (Å²) in [6, 6.07) is 31.2. The normalized spacial score (nSPS) is 17.5. The summed E-state index contributed by atoms with van der Waals surface area (Å²) in [6.45, 7) is 44.3. The summed E-state index contributed by atoms with van der Waals surface area (Å²) < 4.78 is 53.5. The second-order valence-corrected chi connectivity index (χ2v) is 59.4. The van der Waals surface area contributed by atoms with E-state index in [1.54, 1.807) is 14.2 Å². The Morgan fingerprint density at radius 3 is 1.18 bits per heavy atom. The molecular formula is C82H127Cl4N15O10Si4. The van der Waals surface area contributed by atoms with E-state index in [-0.39, 0.29) is 11.8 Å². The largest absolute Gasteiger partial charge is 0.382 e. The van der Waals surface area contributed by atoms with Crippen LogP contribution in [0.5, 0.6) is 0 Å². The summed E-state index contributed by atoms with van der Waals surface area (Å²) in [4.78, 5) is 39.7. The third-order valence-corrected chi connectivity index (χ3v) is 28.3. The second kappa shape index (κ2) is 45.4. The summed E-state index contributed by atoms with van der Waals surface area (Å²) in [6.07, 6.45) is 16.8. The molecule has 6 aromatic heterocycles. The zero-order valence-corrected chi connectivity index (χ0v) is 78.1. The molecule has 6 heterocycles. The van der Waals surface area contributed by atoms with E-state index in [1.807, 2.05) is 116 Å². The minimum atomic E-state index is -1.96. The highest BCUT2D eigenvalue weighted by atomic mass is 35.6. The number of nitriles is 1. The molecule has 0 saturated heterocycles. The lowest BCUT2D eigenvalue weighted by Gasteiger charge is -2.37. The Morgan fingerprint density at radius 2 is 0.878 bits per heavy atom. The first-order chi connectivity index (χ1) is 54.5. The van der Waals surface area contributed by atoms with Crippen molar-refractivity contribution in [3.8, 4) is 39.7 Å². The van der Waals surface area contributed by atoms with Gasteiger partial charge in [0, 0.05) is 143 Å². The molecule has 115 heavy (non-hydrogen) atoms. The van der Waals surface area contributed by atoms with Gasteiger partial charge in [-0.05, 0) is 131 Å². The quantitative estimate of drug-likeness (QED) is 0.0123. The number of ether oxygens (including phenoxy) is 8. The number of fused-ring (bicyclic) bond motifs is 2. The minimum Gasteiger partial charge on any atom is -0.382 e. The number of hydrogen-bond donors (Lipinski definition) is 1. The number of hydrogen-bond acceptors (Lipinski definition) is 20. The van der Waals surface area contributed by atoms with Crippen molar-refractivity contribution in [2.75, 3.05) is 123 Å². The van der Waals surface area contributed by atoms with Gasteiger partial charge in [-0.3, -0.25) is 9.59 Å². The highest BCUT2D eigenvalue weighted by Gasteiger charge is 2.43. The van der Waals surface area contributed by atoms with Crippen molar-refractivity contribution in [2.45, 2.75) is 202 Å². The van der Waals surface area contributed by atoms with E-state index in [9.17, 15) is 14.9 Å². The number of carbonyl (C=O) groups is 2. The van der Waals surface area contributed by atoms with Gasteiger partial charge in [0.05, 0.1) is 68.7 Å². The highest BCUT2D eigenvalue weighted by molar-refractivity contribution is 6.88. The number of rotatable bonds is 40. The molecule has 2 fully saturated rings. The average molecular weight is 1740 g/mol. The van der Waals surface area contributed by atoms with Crippen LogP contribution in [0.1, 0.15) is 95.4 Å². The fraction of sp³-hybridized carbons (Fsp3) is 0.598. The van der Waals surface area contributed by atoms with Crippen LogP contribution in [0.4, 0.5) is 11.6 Å². The molecular weight excluding hydrogens is 1610 g/mol. The maximum Gasteiger partial charge on any atom is 0.273 e. The highest BCUT2D eigenvalue weighted by Crippen LogP contribution is 2.43. The number of anilines is 2. The number of halogens is 4. The fourth-order valence-corrected chi connectivity index (χ4v) is 16.0. The van der Waals surface area contributed by atoms with Crippen LogP contribution in [-0.4, -0.2) is 226 Å². The van der Waals surface area contributed by atoms with Gasteiger partial charge in [-0.1, -0.05) is 171 Å². The molecule has 0 radical (unpaired) electrons. The molecule has 0 bridgehead atoms. The van der Waals surface area contributed by atoms with Crippen molar-refractivity contribution in [3.63, 3.8) is 0 Å². The molecule has 0 unspecified atom stereocenters. The van der Waals surface area contributed by atoms with Crippen molar-refractivity contribution >= 4 is 113 Å². The molecule has 8 aromatic rings. The molecule has 2 aliphatic carbocycles. The minimum absolute atomic E-state index is 0.0875. The molecule has 2 aliphatic rings. The van der Waals surface area contributed by atoms with Crippen LogP contribution in [0.3, 0.4) is 0 Å². The fourth-order valence-electron chi connectivity index (χ4n) is 12.9. The van der Waals surface area contributed by atoms with Crippen molar-refractivity contribution in [1.29, 1.82) is 5.26 Å². The number of alkyl halides is 3. The number of nitrogens with two attached hydrogens (primary N) is 1. The molecule has 10 rings (SSSR count). The van der Waals surface area contributed by atoms with Crippen LogP contribution < -0.4 is 15.5 Å². The lowest BCUT2D eigenvalue weighted by atomic mass is 9.77. The summed E-state index contributed by atoms with van der Waals surface area (Å²) in [5.41, 5.74) is 13.1. The Morgan fingerprint density at radius 1 is 0.530 bits per heavy atom. The Labute approximate surface area is 706 Å². The van der Waals surface area contributed by atoms with Gasteiger partial charge in [0.25, 0.3) is 9.03 Å².